The number of nitrogens with one attached hydrogen (secondary N) is 1. The molecule has 1 saturated heterocycles. The van der Waals surface area contributed by atoms with Gasteiger partial charge in [0.05, 0.1) is 12.2 Å². The molecule has 1 aliphatic rings. The van der Waals surface area contributed by atoms with Gasteiger partial charge in [0.2, 0.25) is 0 Å². The number of barbiturate groups is 1. The zero-order valence-corrected chi connectivity index (χ0v) is 21.0. The molecule has 2 heterocycles. The summed E-state index contributed by atoms with van der Waals surface area (Å²) in [7, 11) is 0. The number of anilines is 1. The summed E-state index contributed by atoms with van der Waals surface area (Å²) in [6, 6.07) is 21.5. The quantitative estimate of drug-likeness (QED) is 0.258. The van der Waals surface area contributed by atoms with Crippen LogP contribution in [0.5, 0.6) is 5.75 Å². The third kappa shape index (κ3) is 4.55. The third-order valence-electron chi connectivity index (χ3n) is 5.99. The van der Waals surface area contributed by atoms with E-state index in [1.807, 2.05) is 66.2 Å². The largest absolute Gasteiger partial charge is 0.491 e. The van der Waals surface area contributed by atoms with Crippen molar-refractivity contribution in [3.05, 3.63) is 100 Å². The molecule has 7 nitrogen and oxygen atoms in total. The highest BCUT2D eigenvalue weighted by Gasteiger charge is 2.37. The molecule has 0 saturated carbocycles. The lowest BCUT2D eigenvalue weighted by Crippen LogP contribution is -2.54. The average molecular weight is 544 g/mol. The van der Waals surface area contributed by atoms with Crippen molar-refractivity contribution in [1.29, 1.82) is 0 Å². The summed E-state index contributed by atoms with van der Waals surface area (Å²) < 4.78 is 8.80. The summed E-state index contributed by atoms with van der Waals surface area (Å²) >= 11 is 3.34. The zero-order valence-electron chi connectivity index (χ0n) is 19.4. The summed E-state index contributed by atoms with van der Waals surface area (Å²) in [5, 5.41) is 3.16. The fourth-order valence-corrected chi connectivity index (χ4v) is 4.45. The van der Waals surface area contributed by atoms with E-state index in [9.17, 15) is 14.4 Å². The van der Waals surface area contributed by atoms with E-state index in [1.54, 1.807) is 24.3 Å². The van der Waals surface area contributed by atoms with E-state index in [-0.39, 0.29) is 5.57 Å². The third-order valence-corrected chi connectivity index (χ3v) is 6.52. The van der Waals surface area contributed by atoms with Crippen LogP contribution in [0.15, 0.2) is 89.0 Å². The number of amides is 4. The molecule has 0 aliphatic carbocycles. The monoisotopic (exact) mass is 543 g/mol. The second-order valence-corrected chi connectivity index (χ2v) is 9.26. The minimum absolute atomic E-state index is 0.114. The molecule has 4 amide bonds. The molecular formula is C28H22BrN3O4. The summed E-state index contributed by atoms with van der Waals surface area (Å²) in [6.45, 7) is 3.02. The van der Waals surface area contributed by atoms with Crippen molar-refractivity contribution >= 4 is 56.4 Å². The van der Waals surface area contributed by atoms with Gasteiger partial charge in [-0.2, -0.15) is 0 Å². The molecule has 1 aliphatic heterocycles. The Morgan fingerprint density at radius 2 is 1.67 bits per heavy atom. The topological polar surface area (TPSA) is 80.6 Å². The highest BCUT2D eigenvalue weighted by molar-refractivity contribution is 9.10. The molecule has 1 fully saturated rings. The molecular weight excluding hydrogens is 522 g/mol. The number of hydrogen-bond donors (Lipinski definition) is 1. The van der Waals surface area contributed by atoms with Crippen LogP contribution in [-0.2, 0) is 16.1 Å². The Labute approximate surface area is 216 Å². The smallest absolute Gasteiger partial charge is 0.335 e. The Morgan fingerprint density at radius 3 is 2.44 bits per heavy atom. The lowest BCUT2D eigenvalue weighted by atomic mass is 10.1. The van der Waals surface area contributed by atoms with E-state index in [4.69, 9.17) is 4.74 Å². The summed E-state index contributed by atoms with van der Waals surface area (Å²) in [5.74, 6) is -0.567. The normalized spacial score (nSPS) is 15.0. The fraction of sp³-hybridized carbons (Fsp3) is 0.107. The number of carbonyl (C=O) groups is 3. The maximum atomic E-state index is 13.3. The number of nitrogens with zero attached hydrogens (tertiary/aromatic N) is 2. The van der Waals surface area contributed by atoms with Crippen LogP contribution in [0.2, 0.25) is 0 Å². The first kappa shape index (κ1) is 23.6. The number of halogens is 1. The molecule has 1 aromatic heterocycles. The van der Waals surface area contributed by atoms with Crippen LogP contribution < -0.4 is 15.0 Å². The van der Waals surface area contributed by atoms with Gasteiger partial charge >= 0.3 is 6.03 Å². The number of aromatic nitrogens is 1. The number of ether oxygens (including phenoxy) is 1. The lowest BCUT2D eigenvalue weighted by Gasteiger charge is -2.26. The van der Waals surface area contributed by atoms with Crippen molar-refractivity contribution in [2.24, 2.45) is 0 Å². The standard InChI is InChI=1S/C28H22BrN3O4/c1-18-6-2-5-9-25(18)36-15-14-31-17-19(22-7-3-4-8-24(22)31)16-23-26(33)30-28(35)32(27(23)34)21-12-10-20(29)11-13-21/h2-13,16-17H,14-15H2,1H3,(H,30,33,35). The Kier molecular flexibility index (Phi) is 6.43. The van der Waals surface area contributed by atoms with E-state index in [2.05, 4.69) is 21.2 Å². The number of carbonyl (C=O) groups excluding carboxylic acids is 3. The molecule has 0 atom stereocenters. The number of rotatable bonds is 6. The van der Waals surface area contributed by atoms with Gasteiger partial charge in [-0.1, -0.05) is 52.3 Å². The fourth-order valence-electron chi connectivity index (χ4n) is 4.19. The van der Waals surface area contributed by atoms with E-state index in [1.165, 1.54) is 6.08 Å². The van der Waals surface area contributed by atoms with Crippen molar-refractivity contribution in [2.45, 2.75) is 13.5 Å². The molecule has 3 aromatic carbocycles. The Hall–Kier alpha value is -4.17. The molecule has 5 rings (SSSR count). The van der Waals surface area contributed by atoms with Gasteiger partial charge < -0.3 is 9.30 Å². The highest BCUT2D eigenvalue weighted by atomic mass is 79.9. The summed E-state index contributed by atoms with van der Waals surface area (Å²) in [5.41, 5.74) is 2.96. The molecule has 0 radical (unpaired) electrons. The first-order valence-corrected chi connectivity index (χ1v) is 12.1. The first-order valence-electron chi connectivity index (χ1n) is 11.4. The maximum Gasteiger partial charge on any atom is 0.335 e. The predicted octanol–water partition coefficient (Wildman–Crippen LogP) is 5.46. The summed E-state index contributed by atoms with van der Waals surface area (Å²) in [6.07, 6.45) is 3.43. The van der Waals surface area contributed by atoms with Gasteiger partial charge in [-0.05, 0) is 55.0 Å². The van der Waals surface area contributed by atoms with Crippen LogP contribution >= 0.6 is 15.9 Å². The highest BCUT2D eigenvalue weighted by Crippen LogP contribution is 2.27. The van der Waals surface area contributed by atoms with Gasteiger partial charge in [0.1, 0.15) is 17.9 Å². The number of imide groups is 2. The van der Waals surface area contributed by atoms with Crippen LogP contribution in [-0.4, -0.2) is 29.0 Å². The second kappa shape index (κ2) is 9.83. The van der Waals surface area contributed by atoms with Gasteiger partial charge in [0.15, 0.2) is 0 Å². The number of urea groups is 1. The van der Waals surface area contributed by atoms with E-state index in [0.717, 1.165) is 31.6 Å². The van der Waals surface area contributed by atoms with E-state index in [0.29, 0.717) is 24.4 Å². The van der Waals surface area contributed by atoms with Crippen LogP contribution in [0.25, 0.3) is 17.0 Å². The lowest BCUT2D eigenvalue weighted by molar-refractivity contribution is -0.122. The van der Waals surface area contributed by atoms with Crippen molar-refractivity contribution in [3.8, 4) is 5.75 Å². The van der Waals surface area contributed by atoms with Gasteiger partial charge in [0.25, 0.3) is 11.8 Å². The second-order valence-electron chi connectivity index (χ2n) is 8.34. The molecule has 180 valence electrons. The van der Waals surface area contributed by atoms with Gasteiger partial charge in [-0.15, -0.1) is 0 Å². The number of aryl methyl sites for hydroxylation is 1. The number of benzene rings is 3. The van der Waals surface area contributed by atoms with E-state index < -0.39 is 17.8 Å². The van der Waals surface area contributed by atoms with Crippen molar-refractivity contribution < 1.29 is 19.1 Å². The van der Waals surface area contributed by atoms with Gasteiger partial charge in [-0.3, -0.25) is 14.9 Å². The van der Waals surface area contributed by atoms with Crippen LogP contribution in [0.4, 0.5) is 10.5 Å². The Bertz CT molecular complexity index is 1520. The van der Waals surface area contributed by atoms with Crippen molar-refractivity contribution in [2.75, 3.05) is 11.5 Å². The maximum absolute atomic E-state index is 13.3. The average Bonchev–Trinajstić information content (AvgIpc) is 3.21. The molecule has 0 spiro atoms. The van der Waals surface area contributed by atoms with Crippen LogP contribution in [0.1, 0.15) is 11.1 Å². The van der Waals surface area contributed by atoms with Crippen molar-refractivity contribution in [3.63, 3.8) is 0 Å². The predicted molar refractivity (Wildman–Crippen MR) is 142 cm³/mol. The minimum Gasteiger partial charge on any atom is -0.491 e. The van der Waals surface area contributed by atoms with Crippen LogP contribution in [0.3, 0.4) is 0 Å². The van der Waals surface area contributed by atoms with Gasteiger partial charge in [-0.25, -0.2) is 9.69 Å². The molecule has 0 unspecified atom stereocenters. The van der Waals surface area contributed by atoms with Crippen LogP contribution in [0, 0.1) is 6.92 Å². The molecule has 4 aromatic rings. The SMILES string of the molecule is Cc1ccccc1OCCn1cc(C=C2C(=O)NC(=O)N(c3ccc(Br)cc3)C2=O)c2ccccc21. The molecule has 0 bridgehead atoms. The number of para-hydroxylation sites is 2. The molecule has 36 heavy (non-hydrogen) atoms. The van der Waals surface area contributed by atoms with Crippen molar-refractivity contribution in [1.82, 2.24) is 9.88 Å². The van der Waals surface area contributed by atoms with E-state index >= 15 is 0 Å². The minimum atomic E-state index is -0.778. The summed E-state index contributed by atoms with van der Waals surface area (Å²) in [4.78, 5) is 39.4. The molecule has 8 heteroatoms. The number of hydrogen-bond acceptors (Lipinski definition) is 4. The number of fused-ring (bicyclic) bond motifs is 1. The molecule has 1 N–H and O–H groups in total. The zero-order chi connectivity index (χ0) is 25.2. The van der Waals surface area contributed by atoms with Gasteiger partial charge in [0, 0.05) is 27.1 Å². The Balaban J connectivity index is 1.45. The Morgan fingerprint density at radius 1 is 0.944 bits per heavy atom. The first-order chi connectivity index (χ1) is 17.4.